The molecule has 0 unspecified atom stereocenters. The van der Waals surface area contributed by atoms with E-state index in [1.165, 1.54) is 17.3 Å². The van der Waals surface area contributed by atoms with Gasteiger partial charge in [-0.05, 0) is 37.1 Å². The highest BCUT2D eigenvalue weighted by Crippen LogP contribution is 2.18. The Hall–Kier alpha value is -1.81. The van der Waals surface area contributed by atoms with Crippen molar-refractivity contribution in [1.82, 2.24) is 10.3 Å². The SMILES string of the molecule is Cc1ccccc1[C@H](C)NC(=O)CSc1ccccn1. The number of hydrogen-bond acceptors (Lipinski definition) is 3. The third-order valence-electron chi connectivity index (χ3n) is 3.02. The minimum Gasteiger partial charge on any atom is -0.349 e. The molecule has 1 aromatic heterocycles. The van der Waals surface area contributed by atoms with Gasteiger partial charge in [0.2, 0.25) is 5.91 Å². The van der Waals surface area contributed by atoms with Crippen LogP contribution < -0.4 is 5.32 Å². The largest absolute Gasteiger partial charge is 0.349 e. The summed E-state index contributed by atoms with van der Waals surface area (Å²) in [4.78, 5) is 16.1. The van der Waals surface area contributed by atoms with Gasteiger partial charge in [0.05, 0.1) is 16.8 Å². The molecule has 0 fully saturated rings. The maximum Gasteiger partial charge on any atom is 0.230 e. The van der Waals surface area contributed by atoms with Crippen molar-refractivity contribution in [2.45, 2.75) is 24.9 Å². The van der Waals surface area contributed by atoms with Crippen molar-refractivity contribution in [2.24, 2.45) is 0 Å². The summed E-state index contributed by atoms with van der Waals surface area (Å²) in [5, 5.41) is 3.89. The van der Waals surface area contributed by atoms with Crippen LogP contribution >= 0.6 is 11.8 Å². The number of nitrogens with zero attached hydrogens (tertiary/aromatic N) is 1. The minimum absolute atomic E-state index is 0.0213. The predicted octanol–water partition coefficient (Wildman–Crippen LogP) is 3.36. The summed E-state index contributed by atoms with van der Waals surface area (Å²) in [6.07, 6.45) is 1.73. The van der Waals surface area contributed by atoms with Gasteiger partial charge in [0.1, 0.15) is 0 Å². The van der Waals surface area contributed by atoms with Crippen molar-refractivity contribution in [3.8, 4) is 0 Å². The molecule has 1 aromatic carbocycles. The number of rotatable bonds is 5. The second-order valence-corrected chi connectivity index (χ2v) is 5.60. The molecule has 2 rings (SSSR count). The quantitative estimate of drug-likeness (QED) is 0.857. The molecule has 1 atom stereocenters. The van der Waals surface area contributed by atoms with Crippen LogP contribution in [0, 0.1) is 6.92 Å². The van der Waals surface area contributed by atoms with Gasteiger partial charge in [0.25, 0.3) is 0 Å². The third-order valence-corrected chi connectivity index (χ3v) is 3.97. The summed E-state index contributed by atoms with van der Waals surface area (Å²) in [5.41, 5.74) is 2.35. The van der Waals surface area contributed by atoms with E-state index in [4.69, 9.17) is 0 Å². The fourth-order valence-electron chi connectivity index (χ4n) is 2.01. The van der Waals surface area contributed by atoms with Gasteiger partial charge in [-0.2, -0.15) is 0 Å². The number of pyridine rings is 1. The lowest BCUT2D eigenvalue weighted by Crippen LogP contribution is -2.28. The van der Waals surface area contributed by atoms with E-state index in [0.717, 1.165) is 10.6 Å². The first-order valence-electron chi connectivity index (χ1n) is 6.55. The van der Waals surface area contributed by atoms with E-state index in [1.807, 2.05) is 43.3 Å². The number of benzene rings is 1. The van der Waals surface area contributed by atoms with Crippen molar-refractivity contribution in [1.29, 1.82) is 0 Å². The van der Waals surface area contributed by atoms with Crippen molar-refractivity contribution >= 4 is 17.7 Å². The number of nitrogens with one attached hydrogen (secondary N) is 1. The number of hydrogen-bond donors (Lipinski definition) is 1. The highest BCUT2D eigenvalue weighted by molar-refractivity contribution is 7.99. The molecule has 1 heterocycles. The van der Waals surface area contributed by atoms with Gasteiger partial charge >= 0.3 is 0 Å². The third kappa shape index (κ3) is 4.10. The molecular weight excluding hydrogens is 268 g/mol. The Morgan fingerprint density at radius 3 is 2.70 bits per heavy atom. The molecule has 0 radical (unpaired) electrons. The normalized spacial score (nSPS) is 11.9. The molecule has 0 spiro atoms. The van der Waals surface area contributed by atoms with Crippen molar-refractivity contribution in [3.05, 3.63) is 59.8 Å². The molecule has 4 heteroatoms. The summed E-state index contributed by atoms with van der Waals surface area (Å²) in [5.74, 6) is 0.407. The van der Waals surface area contributed by atoms with Gasteiger partial charge in [-0.1, -0.05) is 42.1 Å². The molecule has 20 heavy (non-hydrogen) atoms. The molecule has 0 saturated heterocycles. The van der Waals surface area contributed by atoms with Crippen molar-refractivity contribution in [3.63, 3.8) is 0 Å². The number of thioether (sulfide) groups is 1. The van der Waals surface area contributed by atoms with E-state index in [0.29, 0.717) is 5.75 Å². The van der Waals surface area contributed by atoms with Crippen LogP contribution in [0.15, 0.2) is 53.7 Å². The molecule has 3 nitrogen and oxygen atoms in total. The highest BCUT2D eigenvalue weighted by Gasteiger charge is 2.11. The lowest BCUT2D eigenvalue weighted by molar-refractivity contribution is -0.119. The molecule has 0 saturated carbocycles. The predicted molar refractivity (Wildman–Crippen MR) is 82.7 cm³/mol. The maximum atomic E-state index is 12.0. The summed E-state index contributed by atoms with van der Waals surface area (Å²) >= 11 is 1.45. The van der Waals surface area contributed by atoms with Crippen LogP contribution in [0.4, 0.5) is 0 Å². The smallest absolute Gasteiger partial charge is 0.230 e. The molecule has 2 aromatic rings. The zero-order chi connectivity index (χ0) is 14.4. The van der Waals surface area contributed by atoms with Crippen LogP contribution in [0.25, 0.3) is 0 Å². The number of aryl methyl sites for hydroxylation is 1. The standard InChI is InChI=1S/C16H18N2OS/c1-12-7-3-4-8-14(12)13(2)18-15(19)11-20-16-9-5-6-10-17-16/h3-10,13H,11H2,1-2H3,(H,18,19)/t13-/m0/s1. The first kappa shape index (κ1) is 14.6. The second kappa shape index (κ2) is 7.10. The average molecular weight is 286 g/mol. The monoisotopic (exact) mass is 286 g/mol. The summed E-state index contributed by atoms with van der Waals surface area (Å²) in [6.45, 7) is 4.06. The van der Waals surface area contributed by atoms with Gasteiger partial charge in [0.15, 0.2) is 0 Å². The van der Waals surface area contributed by atoms with E-state index in [-0.39, 0.29) is 11.9 Å². The summed E-state index contributed by atoms with van der Waals surface area (Å²) < 4.78 is 0. The van der Waals surface area contributed by atoms with Crippen LogP contribution in [0.5, 0.6) is 0 Å². The first-order chi connectivity index (χ1) is 9.66. The van der Waals surface area contributed by atoms with E-state index in [9.17, 15) is 4.79 Å². The summed E-state index contributed by atoms with van der Waals surface area (Å²) in [6, 6.07) is 13.8. The maximum absolute atomic E-state index is 12.0. The lowest BCUT2D eigenvalue weighted by atomic mass is 10.0. The first-order valence-corrected chi connectivity index (χ1v) is 7.54. The van der Waals surface area contributed by atoms with E-state index in [1.54, 1.807) is 6.20 Å². The molecular formula is C16H18N2OS. The number of amides is 1. The van der Waals surface area contributed by atoms with Crippen LogP contribution in [-0.2, 0) is 4.79 Å². The van der Waals surface area contributed by atoms with Crippen LogP contribution in [0.2, 0.25) is 0 Å². The fourth-order valence-corrected chi connectivity index (χ4v) is 2.68. The molecule has 104 valence electrons. The average Bonchev–Trinajstić information content (AvgIpc) is 2.46. The number of carbonyl (C=O) groups excluding carboxylic acids is 1. The van der Waals surface area contributed by atoms with Crippen molar-refractivity contribution in [2.75, 3.05) is 5.75 Å². The zero-order valence-electron chi connectivity index (χ0n) is 11.7. The van der Waals surface area contributed by atoms with Crippen molar-refractivity contribution < 1.29 is 4.79 Å². The Morgan fingerprint density at radius 2 is 2.00 bits per heavy atom. The Kier molecular flexibility index (Phi) is 5.18. The molecule has 1 amide bonds. The summed E-state index contributed by atoms with van der Waals surface area (Å²) in [7, 11) is 0. The molecule has 1 N–H and O–H groups in total. The Labute approximate surface area is 123 Å². The van der Waals surface area contributed by atoms with Crippen LogP contribution in [0.1, 0.15) is 24.1 Å². The lowest BCUT2D eigenvalue weighted by Gasteiger charge is -2.16. The second-order valence-electron chi connectivity index (χ2n) is 4.60. The van der Waals surface area contributed by atoms with Gasteiger partial charge in [-0.3, -0.25) is 4.79 Å². The number of aromatic nitrogens is 1. The molecule has 0 aliphatic carbocycles. The molecule has 0 aliphatic rings. The van der Waals surface area contributed by atoms with E-state index >= 15 is 0 Å². The fraction of sp³-hybridized carbons (Fsp3) is 0.250. The zero-order valence-corrected chi connectivity index (χ0v) is 12.5. The molecule has 0 bridgehead atoms. The van der Waals surface area contributed by atoms with Gasteiger partial charge in [-0.25, -0.2) is 4.98 Å². The van der Waals surface area contributed by atoms with Gasteiger partial charge in [-0.15, -0.1) is 0 Å². The van der Waals surface area contributed by atoms with Crippen LogP contribution in [-0.4, -0.2) is 16.6 Å². The topological polar surface area (TPSA) is 42.0 Å². The van der Waals surface area contributed by atoms with Gasteiger partial charge < -0.3 is 5.32 Å². The highest BCUT2D eigenvalue weighted by atomic mass is 32.2. The Bertz CT molecular complexity index is 572. The minimum atomic E-state index is 0.0213. The Balaban J connectivity index is 1.87. The van der Waals surface area contributed by atoms with Gasteiger partial charge in [0, 0.05) is 6.20 Å². The Morgan fingerprint density at radius 1 is 1.25 bits per heavy atom. The van der Waals surface area contributed by atoms with E-state index in [2.05, 4.69) is 23.3 Å². The van der Waals surface area contributed by atoms with Crippen LogP contribution in [0.3, 0.4) is 0 Å². The molecule has 0 aliphatic heterocycles. The number of carbonyl (C=O) groups is 1. The van der Waals surface area contributed by atoms with E-state index < -0.39 is 0 Å².